The molecule has 0 spiro atoms. The monoisotopic (exact) mass is 397 g/mol. The molecule has 0 N–H and O–H groups in total. The molecule has 2 aromatic rings. The Morgan fingerprint density at radius 1 is 0.655 bits per heavy atom. The van der Waals surface area contributed by atoms with Crippen LogP contribution >= 0.6 is 0 Å². The zero-order chi connectivity index (χ0) is 21.4. The van der Waals surface area contributed by atoms with Crippen molar-refractivity contribution < 1.29 is 18.6 Å². The van der Waals surface area contributed by atoms with E-state index in [9.17, 15) is 0 Å². The highest BCUT2D eigenvalue weighted by atomic mass is 16.7. The molecule has 29 heavy (non-hydrogen) atoms. The van der Waals surface area contributed by atoms with E-state index in [0.717, 1.165) is 28.5 Å². The molecule has 2 saturated heterocycles. The third-order valence-electron chi connectivity index (χ3n) is 7.33. The van der Waals surface area contributed by atoms with E-state index < -0.39 is 36.6 Å². The summed E-state index contributed by atoms with van der Waals surface area (Å²) < 4.78 is 28.0. The molecule has 0 atom stereocenters. The third kappa shape index (κ3) is 3.01. The van der Waals surface area contributed by atoms with Crippen molar-refractivity contribution in [3.05, 3.63) is 24.3 Å². The van der Waals surface area contributed by atoms with Crippen molar-refractivity contribution in [2.75, 3.05) is 0 Å². The van der Waals surface area contributed by atoms with Gasteiger partial charge in [0.05, 0.1) is 33.6 Å². The number of aromatic nitrogens is 1. The molecule has 156 valence electrons. The van der Waals surface area contributed by atoms with Gasteiger partial charge in [-0.15, -0.1) is 0 Å². The van der Waals surface area contributed by atoms with Crippen molar-refractivity contribution in [2.24, 2.45) is 0 Å². The summed E-state index contributed by atoms with van der Waals surface area (Å²) in [6.45, 7) is 19.6. The fourth-order valence-corrected chi connectivity index (χ4v) is 4.11. The Morgan fingerprint density at radius 2 is 0.966 bits per heavy atom. The lowest BCUT2D eigenvalue weighted by atomic mass is 9.81. The van der Waals surface area contributed by atoms with Crippen LogP contribution in [0.3, 0.4) is 0 Å². The van der Waals surface area contributed by atoms with Gasteiger partial charge < -0.3 is 23.2 Å². The van der Waals surface area contributed by atoms with Gasteiger partial charge in [-0.05, 0) is 73.1 Å². The van der Waals surface area contributed by atoms with E-state index in [0.29, 0.717) is 0 Å². The molecule has 0 aliphatic carbocycles. The maximum absolute atomic E-state index is 6.43. The Balaban J connectivity index is 1.89. The smallest absolute Gasteiger partial charge is 0.398 e. The van der Waals surface area contributed by atoms with E-state index in [1.54, 1.807) is 0 Å². The highest BCUT2D eigenvalue weighted by Crippen LogP contribution is 2.39. The Kier molecular flexibility index (Phi) is 4.60. The van der Waals surface area contributed by atoms with Gasteiger partial charge in [-0.3, -0.25) is 0 Å². The fraction of sp³-hybridized carbons (Fsp3) is 0.636. The molecule has 0 radical (unpaired) electrons. The summed E-state index contributed by atoms with van der Waals surface area (Å²) in [7, 11) is -0.887. The molecule has 0 amide bonds. The fourth-order valence-electron chi connectivity index (χ4n) is 4.11. The number of rotatable bonds is 3. The number of fused-ring (bicyclic) bond motifs is 1. The maximum atomic E-state index is 6.43. The molecule has 4 rings (SSSR count). The second kappa shape index (κ2) is 6.36. The summed E-state index contributed by atoms with van der Waals surface area (Å²) in [4.78, 5) is 0. The summed E-state index contributed by atoms with van der Waals surface area (Å²) in [5.74, 6) is 0. The average Bonchev–Trinajstić information content (AvgIpc) is 3.11. The van der Waals surface area contributed by atoms with Crippen LogP contribution in [0.5, 0.6) is 0 Å². The van der Waals surface area contributed by atoms with E-state index in [1.807, 2.05) is 0 Å². The van der Waals surface area contributed by atoms with Gasteiger partial charge in [0, 0.05) is 6.54 Å². The van der Waals surface area contributed by atoms with Gasteiger partial charge in [-0.1, -0.05) is 24.3 Å². The average molecular weight is 397 g/mol. The number of hydrogen-bond acceptors (Lipinski definition) is 4. The number of benzene rings is 1. The molecule has 7 heteroatoms. The molecule has 0 unspecified atom stereocenters. The molecular weight excluding hydrogens is 364 g/mol. The van der Waals surface area contributed by atoms with E-state index in [4.69, 9.17) is 18.6 Å². The standard InChI is InChI=1S/C22H33B2NO4/c1-10-25-17(23-26-19(2,3)20(4,5)27-23)15-13-11-12-14-16(15)18(25)24-28-21(6,7)22(8,9)29-24/h11-14H,10H2,1-9H3. The van der Waals surface area contributed by atoms with E-state index in [2.05, 4.69) is 91.1 Å². The summed E-state index contributed by atoms with van der Waals surface area (Å²) in [5, 5.41) is 2.25. The molecule has 2 aliphatic heterocycles. The molecule has 2 aliphatic rings. The molecule has 1 aromatic carbocycles. The zero-order valence-corrected chi connectivity index (χ0v) is 19.3. The lowest BCUT2D eigenvalue weighted by Crippen LogP contribution is -2.47. The molecule has 1 aromatic heterocycles. The van der Waals surface area contributed by atoms with Crippen LogP contribution in [0.1, 0.15) is 62.3 Å². The van der Waals surface area contributed by atoms with Crippen LogP contribution in [0.4, 0.5) is 0 Å². The first-order valence-electron chi connectivity index (χ1n) is 10.6. The quantitative estimate of drug-likeness (QED) is 0.746. The van der Waals surface area contributed by atoms with Crippen LogP contribution in [0, 0.1) is 0 Å². The minimum absolute atomic E-state index is 0.397. The normalized spacial score (nSPS) is 24.6. The van der Waals surface area contributed by atoms with E-state index >= 15 is 0 Å². The lowest BCUT2D eigenvalue weighted by Gasteiger charge is -2.32. The van der Waals surface area contributed by atoms with Crippen molar-refractivity contribution in [1.82, 2.24) is 4.57 Å². The van der Waals surface area contributed by atoms with Gasteiger partial charge in [0.25, 0.3) is 0 Å². The molecule has 0 saturated carbocycles. The number of hydrogen-bond donors (Lipinski definition) is 0. The van der Waals surface area contributed by atoms with Gasteiger partial charge in [0.2, 0.25) is 0 Å². The number of nitrogens with zero attached hydrogens (tertiary/aromatic N) is 1. The van der Waals surface area contributed by atoms with Gasteiger partial charge in [0.15, 0.2) is 0 Å². The first kappa shape index (κ1) is 21.0. The summed E-state index contributed by atoms with van der Waals surface area (Å²) in [6, 6.07) is 8.39. The minimum Gasteiger partial charge on any atom is -0.398 e. The van der Waals surface area contributed by atoms with Crippen molar-refractivity contribution in [3.8, 4) is 0 Å². The predicted molar refractivity (Wildman–Crippen MR) is 119 cm³/mol. The van der Waals surface area contributed by atoms with E-state index in [1.165, 1.54) is 0 Å². The van der Waals surface area contributed by atoms with Crippen LogP contribution in [-0.4, -0.2) is 41.2 Å². The van der Waals surface area contributed by atoms with Crippen molar-refractivity contribution in [1.29, 1.82) is 0 Å². The Hall–Kier alpha value is -1.27. The largest absolute Gasteiger partial charge is 0.512 e. The van der Waals surface area contributed by atoms with Crippen LogP contribution in [0.2, 0.25) is 0 Å². The summed E-state index contributed by atoms with van der Waals surface area (Å²) >= 11 is 0. The van der Waals surface area contributed by atoms with Crippen molar-refractivity contribution in [3.63, 3.8) is 0 Å². The van der Waals surface area contributed by atoms with Crippen LogP contribution in [0.15, 0.2) is 24.3 Å². The highest BCUT2D eigenvalue weighted by Gasteiger charge is 2.56. The van der Waals surface area contributed by atoms with Gasteiger partial charge in [0.1, 0.15) is 0 Å². The van der Waals surface area contributed by atoms with Crippen LogP contribution in [0.25, 0.3) is 10.8 Å². The SMILES string of the molecule is CCn1c(B2OC(C)(C)C(C)(C)O2)c2ccccc2c1B1OC(C)(C)C(C)(C)O1. The van der Waals surface area contributed by atoms with Gasteiger partial charge >= 0.3 is 14.2 Å². The molecular formula is C22H33B2NO4. The summed E-state index contributed by atoms with van der Waals surface area (Å²) in [6.07, 6.45) is 0. The predicted octanol–water partition coefficient (Wildman–Crippen LogP) is 3.26. The van der Waals surface area contributed by atoms with Crippen LogP contribution in [-0.2, 0) is 25.2 Å². The first-order chi connectivity index (χ1) is 13.3. The topological polar surface area (TPSA) is 41.9 Å². The highest BCUT2D eigenvalue weighted by molar-refractivity contribution is 6.69. The Morgan fingerprint density at radius 3 is 1.24 bits per heavy atom. The summed E-state index contributed by atoms with van der Waals surface area (Å²) in [5.41, 5.74) is 0.481. The second-order valence-electron chi connectivity index (χ2n) is 10.2. The first-order valence-corrected chi connectivity index (χ1v) is 10.6. The van der Waals surface area contributed by atoms with Crippen molar-refractivity contribution in [2.45, 2.75) is 91.3 Å². The van der Waals surface area contributed by atoms with Gasteiger partial charge in [-0.2, -0.15) is 0 Å². The van der Waals surface area contributed by atoms with Crippen LogP contribution < -0.4 is 11.2 Å². The zero-order valence-electron chi connectivity index (χ0n) is 19.3. The van der Waals surface area contributed by atoms with Gasteiger partial charge in [-0.25, -0.2) is 0 Å². The van der Waals surface area contributed by atoms with E-state index in [-0.39, 0.29) is 0 Å². The molecule has 5 nitrogen and oxygen atoms in total. The maximum Gasteiger partial charge on any atom is 0.512 e. The molecule has 0 bridgehead atoms. The second-order valence-corrected chi connectivity index (χ2v) is 10.2. The Bertz CT molecular complexity index is 843. The molecule has 2 fully saturated rings. The third-order valence-corrected chi connectivity index (χ3v) is 7.33. The Labute approximate surface area is 175 Å². The lowest BCUT2D eigenvalue weighted by molar-refractivity contribution is 0.00578. The molecule has 3 heterocycles. The minimum atomic E-state index is -0.443. The van der Waals surface area contributed by atoms with Crippen molar-refractivity contribution >= 4 is 36.2 Å².